The highest BCUT2D eigenvalue weighted by Gasteiger charge is 1.99. The van der Waals surface area contributed by atoms with Crippen molar-refractivity contribution in [3.63, 3.8) is 0 Å². The number of halogens is 1. The van der Waals surface area contributed by atoms with Crippen LogP contribution in [0.1, 0.15) is 0 Å². The fourth-order valence-electron chi connectivity index (χ4n) is 0.893. The first kappa shape index (κ1) is 11.6. The van der Waals surface area contributed by atoms with Crippen molar-refractivity contribution in [3.05, 3.63) is 24.3 Å². The second-order valence-electron chi connectivity index (χ2n) is 2.24. The Morgan fingerprint density at radius 3 is 2.62 bits per heavy atom. The number of guanidine groups is 1. The first-order valence-corrected chi connectivity index (χ1v) is 3.48. The van der Waals surface area contributed by atoms with Gasteiger partial charge in [-0.3, -0.25) is 5.41 Å². The molecular formula is C8H12ClN3O. The lowest BCUT2D eigenvalue weighted by Crippen LogP contribution is -2.20. The van der Waals surface area contributed by atoms with Gasteiger partial charge in [-0.15, -0.1) is 12.4 Å². The Balaban J connectivity index is 0.00000144. The Kier molecular flexibility index (Phi) is 4.69. The lowest BCUT2D eigenvalue weighted by Gasteiger charge is -2.08. The van der Waals surface area contributed by atoms with Gasteiger partial charge < -0.3 is 15.8 Å². The van der Waals surface area contributed by atoms with Crippen molar-refractivity contribution in [2.75, 3.05) is 12.4 Å². The second-order valence-corrected chi connectivity index (χ2v) is 2.24. The Labute approximate surface area is 83.0 Å². The summed E-state index contributed by atoms with van der Waals surface area (Å²) < 4.78 is 5.03. The molecule has 0 amide bonds. The van der Waals surface area contributed by atoms with Gasteiger partial charge in [-0.25, -0.2) is 0 Å². The molecule has 0 saturated heterocycles. The SMILES string of the molecule is COc1ccccc1NC(=N)N.Cl. The number of benzene rings is 1. The van der Waals surface area contributed by atoms with E-state index in [2.05, 4.69) is 5.32 Å². The lowest BCUT2D eigenvalue weighted by molar-refractivity contribution is 0.417. The number of rotatable bonds is 2. The Bertz CT molecular complexity index is 290. The zero-order valence-corrected chi connectivity index (χ0v) is 8.02. The average Bonchev–Trinajstić information content (AvgIpc) is 2.04. The van der Waals surface area contributed by atoms with Crippen LogP contribution in [0.3, 0.4) is 0 Å². The summed E-state index contributed by atoms with van der Waals surface area (Å²) in [7, 11) is 1.57. The molecule has 0 saturated carbocycles. The summed E-state index contributed by atoms with van der Waals surface area (Å²) in [6.45, 7) is 0. The van der Waals surface area contributed by atoms with E-state index in [1.54, 1.807) is 19.2 Å². The van der Waals surface area contributed by atoms with E-state index in [1.807, 2.05) is 12.1 Å². The minimum absolute atomic E-state index is 0. The van der Waals surface area contributed by atoms with Gasteiger partial charge in [0.2, 0.25) is 0 Å². The van der Waals surface area contributed by atoms with E-state index in [9.17, 15) is 0 Å². The zero-order chi connectivity index (χ0) is 8.97. The van der Waals surface area contributed by atoms with Crippen LogP contribution in [-0.4, -0.2) is 13.1 Å². The molecule has 1 aromatic rings. The van der Waals surface area contributed by atoms with Crippen LogP contribution in [0, 0.1) is 5.41 Å². The summed E-state index contributed by atoms with van der Waals surface area (Å²) in [4.78, 5) is 0. The van der Waals surface area contributed by atoms with Crippen LogP contribution in [0.15, 0.2) is 24.3 Å². The van der Waals surface area contributed by atoms with Gasteiger partial charge in [0.05, 0.1) is 12.8 Å². The number of nitrogens with two attached hydrogens (primary N) is 1. The van der Waals surface area contributed by atoms with Crippen molar-refractivity contribution in [1.29, 1.82) is 5.41 Å². The quantitative estimate of drug-likeness (QED) is 0.501. The molecule has 0 aromatic heterocycles. The van der Waals surface area contributed by atoms with Crippen molar-refractivity contribution in [1.82, 2.24) is 0 Å². The van der Waals surface area contributed by atoms with Gasteiger partial charge in [0, 0.05) is 0 Å². The number of methoxy groups -OCH3 is 1. The van der Waals surface area contributed by atoms with Crippen LogP contribution in [0.5, 0.6) is 5.75 Å². The molecule has 0 aliphatic heterocycles. The fourth-order valence-corrected chi connectivity index (χ4v) is 0.893. The molecule has 4 N–H and O–H groups in total. The highest BCUT2D eigenvalue weighted by atomic mass is 35.5. The van der Waals surface area contributed by atoms with Crippen molar-refractivity contribution in [3.8, 4) is 5.75 Å². The summed E-state index contributed by atoms with van der Waals surface area (Å²) in [5.74, 6) is 0.576. The molecule has 72 valence electrons. The molecule has 0 aliphatic carbocycles. The van der Waals surface area contributed by atoms with Gasteiger partial charge in [-0.05, 0) is 12.1 Å². The van der Waals surface area contributed by atoms with Crippen LogP contribution >= 0.6 is 12.4 Å². The van der Waals surface area contributed by atoms with E-state index in [-0.39, 0.29) is 18.4 Å². The van der Waals surface area contributed by atoms with Gasteiger partial charge in [0.25, 0.3) is 0 Å². The van der Waals surface area contributed by atoms with Crippen LogP contribution in [-0.2, 0) is 0 Å². The lowest BCUT2D eigenvalue weighted by atomic mass is 10.3. The number of hydrogen-bond donors (Lipinski definition) is 3. The number of nitrogens with one attached hydrogen (secondary N) is 2. The third kappa shape index (κ3) is 3.21. The molecule has 0 spiro atoms. The predicted molar refractivity (Wildman–Crippen MR) is 55.8 cm³/mol. The number of ether oxygens (including phenoxy) is 1. The molecule has 0 atom stereocenters. The smallest absolute Gasteiger partial charge is 0.190 e. The molecule has 0 aliphatic rings. The summed E-state index contributed by atoms with van der Waals surface area (Å²) in [6, 6.07) is 7.28. The van der Waals surface area contributed by atoms with E-state index < -0.39 is 0 Å². The van der Waals surface area contributed by atoms with Gasteiger partial charge in [0.15, 0.2) is 5.96 Å². The normalized spacial score (nSPS) is 8.38. The third-order valence-electron chi connectivity index (χ3n) is 1.38. The molecule has 0 bridgehead atoms. The molecule has 0 fully saturated rings. The Morgan fingerprint density at radius 2 is 2.08 bits per heavy atom. The largest absolute Gasteiger partial charge is 0.495 e. The molecule has 4 nitrogen and oxygen atoms in total. The first-order chi connectivity index (χ1) is 5.74. The highest BCUT2D eigenvalue weighted by Crippen LogP contribution is 2.22. The molecule has 13 heavy (non-hydrogen) atoms. The fraction of sp³-hybridized carbons (Fsp3) is 0.125. The Hall–Kier alpha value is -1.42. The number of hydrogen-bond acceptors (Lipinski definition) is 2. The molecule has 1 rings (SSSR count). The molecule has 0 radical (unpaired) electrons. The van der Waals surface area contributed by atoms with Gasteiger partial charge >= 0.3 is 0 Å². The van der Waals surface area contributed by atoms with Crippen molar-refractivity contribution < 1.29 is 4.74 Å². The monoisotopic (exact) mass is 201 g/mol. The van der Waals surface area contributed by atoms with E-state index in [0.717, 1.165) is 0 Å². The van der Waals surface area contributed by atoms with Crippen LogP contribution in [0.4, 0.5) is 5.69 Å². The topological polar surface area (TPSA) is 71.1 Å². The summed E-state index contributed by atoms with van der Waals surface area (Å²) in [5.41, 5.74) is 5.87. The summed E-state index contributed by atoms with van der Waals surface area (Å²) in [5, 5.41) is 9.68. The maximum Gasteiger partial charge on any atom is 0.190 e. The molecule has 0 heterocycles. The van der Waals surface area contributed by atoms with Gasteiger partial charge in [-0.1, -0.05) is 12.1 Å². The van der Waals surface area contributed by atoms with Crippen LogP contribution in [0.2, 0.25) is 0 Å². The minimum Gasteiger partial charge on any atom is -0.495 e. The maximum absolute atomic E-state index is 7.01. The number of para-hydroxylation sites is 2. The third-order valence-corrected chi connectivity index (χ3v) is 1.38. The highest BCUT2D eigenvalue weighted by molar-refractivity contribution is 5.91. The first-order valence-electron chi connectivity index (χ1n) is 3.48. The second kappa shape index (κ2) is 5.27. The van der Waals surface area contributed by atoms with E-state index in [1.165, 1.54) is 0 Å². The molecule has 1 aromatic carbocycles. The summed E-state index contributed by atoms with van der Waals surface area (Å²) in [6.07, 6.45) is 0. The Morgan fingerprint density at radius 1 is 1.46 bits per heavy atom. The van der Waals surface area contributed by atoms with Crippen LogP contribution in [0.25, 0.3) is 0 Å². The minimum atomic E-state index is -0.0977. The molecule has 5 heteroatoms. The molecule has 0 unspecified atom stereocenters. The van der Waals surface area contributed by atoms with Crippen molar-refractivity contribution >= 4 is 24.1 Å². The van der Waals surface area contributed by atoms with E-state index in [0.29, 0.717) is 11.4 Å². The predicted octanol–water partition coefficient (Wildman–Crippen LogP) is 1.42. The summed E-state index contributed by atoms with van der Waals surface area (Å²) >= 11 is 0. The molecular weight excluding hydrogens is 190 g/mol. The van der Waals surface area contributed by atoms with Crippen molar-refractivity contribution in [2.45, 2.75) is 0 Å². The van der Waals surface area contributed by atoms with E-state index in [4.69, 9.17) is 15.9 Å². The van der Waals surface area contributed by atoms with Gasteiger partial charge in [0.1, 0.15) is 5.75 Å². The maximum atomic E-state index is 7.01. The van der Waals surface area contributed by atoms with Gasteiger partial charge in [-0.2, -0.15) is 0 Å². The number of anilines is 1. The standard InChI is InChI=1S/C8H11N3O.ClH/c1-12-7-5-3-2-4-6(7)11-8(9)10;/h2-5H,1H3,(H4,9,10,11);1H. The zero-order valence-electron chi connectivity index (χ0n) is 7.20. The van der Waals surface area contributed by atoms with E-state index >= 15 is 0 Å². The average molecular weight is 202 g/mol. The van der Waals surface area contributed by atoms with Crippen LogP contribution < -0.4 is 15.8 Å². The van der Waals surface area contributed by atoms with Crippen molar-refractivity contribution in [2.24, 2.45) is 5.73 Å².